The van der Waals surface area contributed by atoms with Crippen molar-refractivity contribution in [2.45, 2.75) is 26.2 Å². The molecule has 0 bridgehead atoms. The van der Waals surface area contributed by atoms with Crippen molar-refractivity contribution in [1.29, 1.82) is 0 Å². The predicted molar refractivity (Wildman–Crippen MR) is 72.1 cm³/mol. The molecular formula is C14H18N4. The second kappa shape index (κ2) is 5.69. The monoisotopic (exact) mass is 242 g/mol. The lowest BCUT2D eigenvalue weighted by atomic mass is 10.1. The number of aromatic nitrogens is 3. The van der Waals surface area contributed by atoms with Gasteiger partial charge in [0, 0.05) is 24.4 Å². The largest absolute Gasteiger partial charge is 0.330 e. The number of rotatable bonds is 4. The summed E-state index contributed by atoms with van der Waals surface area (Å²) in [6, 6.07) is 7.76. The zero-order valence-corrected chi connectivity index (χ0v) is 10.8. The summed E-state index contributed by atoms with van der Waals surface area (Å²) < 4.78 is 0. The first-order valence-corrected chi connectivity index (χ1v) is 6.21. The fourth-order valence-corrected chi connectivity index (χ4v) is 1.87. The first-order chi connectivity index (χ1) is 8.74. The molecule has 0 aliphatic rings. The van der Waals surface area contributed by atoms with E-state index in [-0.39, 0.29) is 5.92 Å². The Bertz CT molecular complexity index is 506. The van der Waals surface area contributed by atoms with E-state index in [1.165, 1.54) is 0 Å². The van der Waals surface area contributed by atoms with E-state index >= 15 is 0 Å². The summed E-state index contributed by atoms with van der Waals surface area (Å²) >= 11 is 0. The lowest BCUT2D eigenvalue weighted by molar-refractivity contribution is 0.628. The van der Waals surface area contributed by atoms with Gasteiger partial charge in [-0.25, -0.2) is 9.97 Å². The van der Waals surface area contributed by atoms with Crippen LogP contribution in [-0.2, 0) is 0 Å². The molecule has 0 fully saturated rings. The molecule has 2 N–H and O–H groups in total. The van der Waals surface area contributed by atoms with Crippen molar-refractivity contribution in [1.82, 2.24) is 15.0 Å². The lowest BCUT2D eigenvalue weighted by Gasteiger charge is -2.12. The number of aryl methyl sites for hydroxylation is 1. The Labute approximate surface area is 107 Å². The second-order valence-electron chi connectivity index (χ2n) is 4.31. The molecule has 0 aliphatic carbocycles. The smallest absolute Gasteiger partial charge is 0.133 e. The summed E-state index contributed by atoms with van der Waals surface area (Å²) in [6.07, 6.45) is 2.72. The first kappa shape index (κ1) is 12.6. The fourth-order valence-electron chi connectivity index (χ4n) is 1.87. The van der Waals surface area contributed by atoms with Crippen molar-refractivity contribution in [3.05, 3.63) is 42.0 Å². The van der Waals surface area contributed by atoms with E-state index in [9.17, 15) is 0 Å². The standard InChI is InChI=1S/C14H18N4/c1-3-11(9-15)14-17-10(2)8-13(18-14)12-6-4-5-7-16-12/h4-8,11H,3,9,15H2,1-2H3. The first-order valence-electron chi connectivity index (χ1n) is 6.21. The maximum Gasteiger partial charge on any atom is 0.133 e. The number of hydrogen-bond donors (Lipinski definition) is 1. The van der Waals surface area contributed by atoms with Gasteiger partial charge in [0.1, 0.15) is 5.82 Å². The highest BCUT2D eigenvalue weighted by Crippen LogP contribution is 2.19. The molecule has 0 amide bonds. The van der Waals surface area contributed by atoms with E-state index < -0.39 is 0 Å². The molecule has 0 saturated carbocycles. The molecule has 0 aliphatic heterocycles. The molecule has 18 heavy (non-hydrogen) atoms. The molecule has 2 heterocycles. The summed E-state index contributed by atoms with van der Waals surface area (Å²) in [6.45, 7) is 4.64. The maximum absolute atomic E-state index is 5.76. The lowest BCUT2D eigenvalue weighted by Crippen LogP contribution is -2.15. The second-order valence-corrected chi connectivity index (χ2v) is 4.31. The zero-order valence-electron chi connectivity index (χ0n) is 10.8. The predicted octanol–water partition coefficient (Wildman–Crippen LogP) is 2.30. The topological polar surface area (TPSA) is 64.7 Å². The normalized spacial score (nSPS) is 12.4. The number of hydrogen-bond acceptors (Lipinski definition) is 4. The molecule has 94 valence electrons. The van der Waals surface area contributed by atoms with Crippen LogP contribution in [0.3, 0.4) is 0 Å². The van der Waals surface area contributed by atoms with Gasteiger partial charge >= 0.3 is 0 Å². The highest BCUT2D eigenvalue weighted by molar-refractivity contribution is 5.53. The van der Waals surface area contributed by atoms with Gasteiger partial charge in [-0.3, -0.25) is 4.98 Å². The van der Waals surface area contributed by atoms with Gasteiger partial charge in [0.15, 0.2) is 0 Å². The zero-order chi connectivity index (χ0) is 13.0. The molecule has 1 unspecified atom stereocenters. The minimum absolute atomic E-state index is 0.215. The minimum Gasteiger partial charge on any atom is -0.330 e. The van der Waals surface area contributed by atoms with Gasteiger partial charge < -0.3 is 5.73 Å². The van der Waals surface area contributed by atoms with Crippen LogP contribution >= 0.6 is 0 Å². The molecule has 0 saturated heterocycles. The Balaban J connectivity index is 2.44. The van der Waals surface area contributed by atoms with E-state index in [2.05, 4.69) is 21.9 Å². The average Bonchev–Trinajstić information content (AvgIpc) is 2.40. The van der Waals surface area contributed by atoms with E-state index in [1.54, 1.807) is 6.20 Å². The van der Waals surface area contributed by atoms with E-state index in [0.29, 0.717) is 6.54 Å². The highest BCUT2D eigenvalue weighted by atomic mass is 14.9. The van der Waals surface area contributed by atoms with E-state index in [4.69, 9.17) is 5.73 Å². The summed E-state index contributed by atoms with van der Waals surface area (Å²) in [5, 5.41) is 0. The Hall–Kier alpha value is -1.81. The van der Waals surface area contributed by atoms with Gasteiger partial charge in [0.05, 0.1) is 11.4 Å². The van der Waals surface area contributed by atoms with Crippen molar-refractivity contribution in [3.63, 3.8) is 0 Å². The molecule has 2 aromatic rings. The quantitative estimate of drug-likeness (QED) is 0.893. The minimum atomic E-state index is 0.215. The van der Waals surface area contributed by atoms with Gasteiger partial charge in [-0.05, 0) is 31.5 Å². The summed E-state index contributed by atoms with van der Waals surface area (Å²) in [5.74, 6) is 1.04. The summed E-state index contributed by atoms with van der Waals surface area (Å²) in [5.41, 5.74) is 8.45. The van der Waals surface area contributed by atoms with Crippen LogP contribution in [0.15, 0.2) is 30.5 Å². The van der Waals surface area contributed by atoms with Crippen molar-refractivity contribution >= 4 is 0 Å². The van der Waals surface area contributed by atoms with Gasteiger partial charge in [-0.1, -0.05) is 13.0 Å². The van der Waals surface area contributed by atoms with Crippen molar-refractivity contribution < 1.29 is 0 Å². The molecule has 2 rings (SSSR count). The molecule has 4 nitrogen and oxygen atoms in total. The molecule has 0 radical (unpaired) electrons. The number of pyridine rings is 1. The maximum atomic E-state index is 5.76. The molecule has 0 aromatic carbocycles. The number of nitrogens with two attached hydrogens (primary N) is 1. The van der Waals surface area contributed by atoms with Crippen LogP contribution in [0, 0.1) is 6.92 Å². The molecule has 2 aromatic heterocycles. The third-order valence-corrected chi connectivity index (χ3v) is 2.94. The van der Waals surface area contributed by atoms with Crippen LogP contribution in [0.5, 0.6) is 0 Å². The van der Waals surface area contributed by atoms with Crippen LogP contribution in [0.4, 0.5) is 0 Å². The summed E-state index contributed by atoms with van der Waals surface area (Å²) in [7, 11) is 0. The van der Waals surface area contributed by atoms with Crippen molar-refractivity contribution in [3.8, 4) is 11.4 Å². The van der Waals surface area contributed by atoms with Crippen LogP contribution in [0.1, 0.15) is 30.8 Å². The molecular weight excluding hydrogens is 224 g/mol. The van der Waals surface area contributed by atoms with E-state index in [1.807, 2.05) is 31.2 Å². The molecule has 4 heteroatoms. The van der Waals surface area contributed by atoms with Crippen LogP contribution in [0.25, 0.3) is 11.4 Å². The third-order valence-electron chi connectivity index (χ3n) is 2.94. The van der Waals surface area contributed by atoms with Crippen molar-refractivity contribution in [2.24, 2.45) is 5.73 Å². The van der Waals surface area contributed by atoms with Gasteiger partial charge in [0.2, 0.25) is 0 Å². The van der Waals surface area contributed by atoms with Crippen LogP contribution in [0.2, 0.25) is 0 Å². The van der Waals surface area contributed by atoms with Crippen molar-refractivity contribution in [2.75, 3.05) is 6.54 Å². The third kappa shape index (κ3) is 2.71. The Morgan fingerprint density at radius 1 is 1.22 bits per heavy atom. The van der Waals surface area contributed by atoms with E-state index in [0.717, 1.165) is 29.3 Å². The number of nitrogens with zero attached hydrogens (tertiary/aromatic N) is 3. The Kier molecular flexibility index (Phi) is 3.99. The van der Waals surface area contributed by atoms with Crippen LogP contribution in [-0.4, -0.2) is 21.5 Å². The van der Waals surface area contributed by atoms with Gasteiger partial charge in [-0.15, -0.1) is 0 Å². The fraction of sp³-hybridized carbons (Fsp3) is 0.357. The Morgan fingerprint density at radius 2 is 2.06 bits per heavy atom. The molecule has 0 spiro atoms. The van der Waals surface area contributed by atoms with Gasteiger partial charge in [-0.2, -0.15) is 0 Å². The highest BCUT2D eigenvalue weighted by Gasteiger charge is 2.13. The van der Waals surface area contributed by atoms with Gasteiger partial charge in [0.25, 0.3) is 0 Å². The summed E-state index contributed by atoms with van der Waals surface area (Å²) in [4.78, 5) is 13.4. The SMILES string of the molecule is CCC(CN)c1nc(C)cc(-c2ccccn2)n1. The molecule has 1 atom stereocenters. The average molecular weight is 242 g/mol. The Morgan fingerprint density at radius 3 is 2.67 bits per heavy atom. The van der Waals surface area contributed by atoms with Crippen LogP contribution < -0.4 is 5.73 Å².